The average molecular weight is 374 g/mol. The van der Waals surface area contributed by atoms with E-state index < -0.39 is 6.09 Å². The fraction of sp³-hybridized carbons (Fsp3) is 0.857. The Morgan fingerprint density at radius 2 is 2.46 bits per heavy atom. The van der Waals surface area contributed by atoms with Crippen LogP contribution < -0.4 is 0 Å². The van der Waals surface area contributed by atoms with Gasteiger partial charge < -0.3 is 0 Å². The Hall–Kier alpha value is 1.32. The van der Waals surface area contributed by atoms with Crippen molar-refractivity contribution in [3.8, 4) is 0 Å². The summed E-state index contributed by atoms with van der Waals surface area (Å²) < 4.78 is 5.74. The van der Waals surface area contributed by atoms with Gasteiger partial charge >= 0.3 is 112 Å². The first-order chi connectivity index (χ1) is 6.17. The average Bonchev–Trinajstić information content (AvgIpc) is 2.16. The van der Waals surface area contributed by atoms with E-state index in [2.05, 4.69) is 0 Å². The topological polar surface area (TPSA) is 49.8 Å². The predicted octanol–water partition coefficient (Wildman–Crippen LogP) is -0.111. The maximum absolute atomic E-state index is 10.8. The molecule has 0 spiro atoms. The molecule has 1 fully saturated rings. The number of nitrogens with zero attached hydrogens (tertiary/aromatic N) is 1. The van der Waals surface area contributed by atoms with Crippen LogP contribution in [-0.2, 0) is 4.74 Å². The Bertz CT molecular complexity index is 181. The summed E-state index contributed by atoms with van der Waals surface area (Å²) in [5, 5.41) is 9.09. The van der Waals surface area contributed by atoms with Crippen molar-refractivity contribution in [2.45, 2.75) is 24.5 Å². The Balaban J connectivity index is 2.54. The summed E-state index contributed by atoms with van der Waals surface area (Å²) >= 11 is 0.749. The van der Waals surface area contributed by atoms with Gasteiger partial charge in [-0.25, -0.2) is 0 Å². The number of rotatable bonds is 2. The van der Waals surface area contributed by atoms with Crippen LogP contribution in [-0.4, -0.2) is 89.5 Å². The molecule has 1 amide bonds. The van der Waals surface area contributed by atoms with Gasteiger partial charge in [-0.1, -0.05) is 0 Å². The van der Waals surface area contributed by atoms with Crippen molar-refractivity contribution in [1.29, 1.82) is 0 Å². The third kappa shape index (κ3) is 3.76. The molecule has 1 heterocycles. The summed E-state index contributed by atoms with van der Waals surface area (Å²) in [7, 11) is 0. The molecule has 0 aromatic heterocycles. The van der Waals surface area contributed by atoms with Gasteiger partial charge in [-0.15, -0.1) is 0 Å². The van der Waals surface area contributed by atoms with Gasteiger partial charge in [0.2, 0.25) is 0 Å². The monoisotopic (exact) mass is 376 g/mol. The second kappa shape index (κ2) is 6.02. The number of carbonyl (C=O) groups is 1. The van der Waals surface area contributed by atoms with E-state index in [-0.39, 0.29) is 11.1 Å². The van der Waals surface area contributed by atoms with E-state index in [9.17, 15) is 4.79 Å². The van der Waals surface area contributed by atoms with E-state index >= 15 is 0 Å². The standard InChI is InChI=1S/C7H13NO3Se.Ba/c1-2-5-3-8(7(9)10)4-6(12)11-5;/h5-6,12H,2-4H2,1H3,(H,9,10);/q;+1/p-1. The zero-order chi connectivity index (χ0) is 9.84. The van der Waals surface area contributed by atoms with Gasteiger partial charge in [-0.3, -0.25) is 0 Å². The van der Waals surface area contributed by atoms with Crippen LogP contribution in [0.1, 0.15) is 13.3 Å². The number of morpholine rings is 1. The van der Waals surface area contributed by atoms with E-state index in [1.165, 1.54) is 4.90 Å². The molecule has 2 atom stereocenters. The van der Waals surface area contributed by atoms with Crippen molar-refractivity contribution in [2.24, 2.45) is 0 Å². The summed E-state index contributed by atoms with van der Waals surface area (Å²) in [5.74, 6) is 0. The zero-order valence-electron chi connectivity index (χ0n) is 7.60. The minimum atomic E-state index is -0.802. The minimum absolute atomic E-state index is 0.125. The SMILES string of the molecule is CCC1CN(C(=O)O)CC([Se][Ba])O1. The molecule has 0 aromatic rings. The molecule has 71 valence electrons. The number of carboxylic acid groups (broad SMARTS) is 1. The molecule has 2 unspecified atom stereocenters. The molecule has 13 heavy (non-hydrogen) atoms. The quantitative estimate of drug-likeness (QED) is 0.687. The summed E-state index contributed by atoms with van der Waals surface area (Å²) in [4.78, 5) is 12.3. The van der Waals surface area contributed by atoms with Gasteiger partial charge in [-0.2, -0.15) is 0 Å². The number of amides is 1. The molecule has 0 aliphatic carbocycles. The normalized spacial score (nSPS) is 28.8. The van der Waals surface area contributed by atoms with Crippen molar-refractivity contribution in [3.63, 3.8) is 0 Å². The fourth-order valence-corrected chi connectivity index (χ4v) is 5.37. The molecule has 6 heteroatoms. The Kier molecular flexibility index (Phi) is 5.74. The predicted molar refractivity (Wildman–Crippen MR) is 50.1 cm³/mol. The van der Waals surface area contributed by atoms with Crippen LogP contribution in [0, 0.1) is 0 Å². The number of ether oxygens (including phenoxy) is 1. The van der Waals surface area contributed by atoms with Crippen LogP contribution in [0.2, 0.25) is 0 Å². The summed E-state index contributed by atoms with van der Waals surface area (Å²) in [6.07, 6.45) is 0.788. The molecule has 4 nitrogen and oxygen atoms in total. The molecule has 0 aromatic carbocycles. The van der Waals surface area contributed by atoms with E-state index in [0.29, 0.717) is 19.3 Å². The second-order valence-corrected chi connectivity index (χ2v) is 10.2. The van der Waals surface area contributed by atoms with E-state index in [4.69, 9.17) is 9.84 Å². The molecular weight excluding hydrogens is 362 g/mol. The van der Waals surface area contributed by atoms with Crippen molar-refractivity contribution < 1.29 is 14.6 Å². The Labute approximate surface area is 111 Å². The molecule has 0 saturated carbocycles. The molecule has 1 aliphatic rings. The van der Waals surface area contributed by atoms with Crippen molar-refractivity contribution in [3.05, 3.63) is 0 Å². The van der Waals surface area contributed by atoms with Gasteiger partial charge in [0.25, 0.3) is 0 Å². The van der Waals surface area contributed by atoms with Gasteiger partial charge in [0.15, 0.2) is 0 Å². The van der Waals surface area contributed by atoms with E-state index in [1.54, 1.807) is 0 Å². The molecule has 1 N–H and O–H groups in total. The zero-order valence-corrected chi connectivity index (χ0v) is 13.8. The number of hydrogen-bond acceptors (Lipinski definition) is 2. The van der Waals surface area contributed by atoms with Crippen LogP contribution in [0.15, 0.2) is 0 Å². The van der Waals surface area contributed by atoms with E-state index in [1.807, 2.05) is 6.92 Å². The van der Waals surface area contributed by atoms with Crippen LogP contribution in [0.25, 0.3) is 0 Å². The summed E-state index contributed by atoms with van der Waals surface area (Å²) in [6, 6.07) is 0. The van der Waals surface area contributed by atoms with Gasteiger partial charge in [-0.05, 0) is 0 Å². The Morgan fingerprint density at radius 1 is 1.77 bits per heavy atom. The molecule has 1 radical (unpaired) electrons. The third-order valence-corrected chi connectivity index (χ3v) is 9.44. The summed E-state index contributed by atoms with van der Waals surface area (Å²) in [5.41, 5.74) is 0. The van der Waals surface area contributed by atoms with E-state index in [0.717, 1.165) is 49.5 Å². The van der Waals surface area contributed by atoms with Gasteiger partial charge in [0.05, 0.1) is 0 Å². The van der Waals surface area contributed by atoms with Crippen molar-refractivity contribution in [1.82, 2.24) is 4.90 Å². The second-order valence-electron chi connectivity index (χ2n) is 2.95. The fourth-order valence-electron chi connectivity index (χ4n) is 1.27. The number of hydrogen-bond donors (Lipinski definition) is 1. The molecular formula is C7H12BaNO3Se. The van der Waals surface area contributed by atoms with Gasteiger partial charge in [0, 0.05) is 0 Å². The maximum atomic E-state index is 10.8. The van der Waals surface area contributed by atoms with Crippen LogP contribution in [0.4, 0.5) is 4.79 Å². The molecule has 1 rings (SSSR count). The van der Waals surface area contributed by atoms with Crippen molar-refractivity contribution in [2.75, 3.05) is 13.1 Å². The van der Waals surface area contributed by atoms with Crippen LogP contribution in [0.3, 0.4) is 0 Å². The Morgan fingerprint density at radius 3 is 2.92 bits per heavy atom. The third-order valence-electron chi connectivity index (χ3n) is 2.05. The first-order valence-corrected chi connectivity index (χ1v) is 15.8. The van der Waals surface area contributed by atoms with Gasteiger partial charge in [0.1, 0.15) is 0 Å². The first-order valence-electron chi connectivity index (χ1n) is 4.21. The molecule has 0 bridgehead atoms. The molecule has 1 aliphatic heterocycles. The van der Waals surface area contributed by atoms with Crippen LogP contribution in [0.5, 0.6) is 0 Å². The summed E-state index contributed by atoms with van der Waals surface area (Å²) in [6.45, 7) is 3.18. The van der Waals surface area contributed by atoms with Crippen LogP contribution >= 0.6 is 0 Å². The molecule has 1 saturated heterocycles. The van der Waals surface area contributed by atoms with Crippen molar-refractivity contribution >= 4 is 55.3 Å². The first kappa shape index (κ1) is 12.4.